The van der Waals surface area contributed by atoms with Gasteiger partial charge >= 0.3 is 0 Å². The number of hydrogen-bond acceptors (Lipinski definition) is 4. The molecule has 1 aliphatic rings. The minimum absolute atomic E-state index is 0.0303. The average Bonchev–Trinajstić information content (AvgIpc) is 2.48. The number of rotatable bonds is 5. The summed E-state index contributed by atoms with van der Waals surface area (Å²) in [6.45, 7) is 7.62. The van der Waals surface area contributed by atoms with Crippen LogP contribution in [0.1, 0.15) is 6.92 Å². The van der Waals surface area contributed by atoms with E-state index in [-0.39, 0.29) is 6.04 Å². The van der Waals surface area contributed by atoms with Crippen LogP contribution in [0.5, 0.6) is 5.75 Å². The standard InChI is InChI=1S/C15H21N3O/c1-14(13-16)18-9-7-17(8-10-18)11-12-19-15-5-3-2-4-6-15/h2-6,14H,7-12H2,1H3/t14-/m1/s1. The van der Waals surface area contributed by atoms with Crippen molar-refractivity contribution < 1.29 is 4.74 Å². The summed E-state index contributed by atoms with van der Waals surface area (Å²) in [5.74, 6) is 0.930. The molecular weight excluding hydrogens is 238 g/mol. The maximum absolute atomic E-state index is 8.90. The molecule has 0 saturated carbocycles. The first kappa shape index (κ1) is 13.9. The van der Waals surface area contributed by atoms with Crippen LogP contribution in [0, 0.1) is 11.3 Å². The van der Waals surface area contributed by atoms with E-state index in [2.05, 4.69) is 15.9 Å². The van der Waals surface area contributed by atoms with Gasteiger partial charge in [0.1, 0.15) is 12.4 Å². The molecule has 19 heavy (non-hydrogen) atoms. The molecule has 0 aromatic heterocycles. The number of para-hydroxylation sites is 1. The summed E-state index contributed by atoms with van der Waals surface area (Å²) >= 11 is 0. The van der Waals surface area contributed by atoms with Gasteiger partial charge in [0.25, 0.3) is 0 Å². The minimum Gasteiger partial charge on any atom is -0.492 e. The molecule has 1 saturated heterocycles. The minimum atomic E-state index is 0.0303. The molecule has 102 valence electrons. The van der Waals surface area contributed by atoms with Crippen LogP contribution in [0.4, 0.5) is 0 Å². The van der Waals surface area contributed by atoms with Crippen molar-refractivity contribution in [3.8, 4) is 11.8 Å². The Hall–Kier alpha value is -1.57. The molecule has 1 atom stereocenters. The third kappa shape index (κ3) is 4.23. The van der Waals surface area contributed by atoms with Gasteiger partial charge in [-0.15, -0.1) is 0 Å². The topological polar surface area (TPSA) is 39.5 Å². The lowest BCUT2D eigenvalue weighted by Crippen LogP contribution is -2.50. The lowest BCUT2D eigenvalue weighted by Gasteiger charge is -2.35. The Morgan fingerprint density at radius 2 is 1.89 bits per heavy atom. The highest BCUT2D eigenvalue weighted by Gasteiger charge is 2.20. The van der Waals surface area contributed by atoms with Crippen LogP contribution >= 0.6 is 0 Å². The van der Waals surface area contributed by atoms with Crippen molar-refractivity contribution in [1.82, 2.24) is 9.80 Å². The number of nitriles is 1. The van der Waals surface area contributed by atoms with E-state index < -0.39 is 0 Å². The zero-order valence-electron chi connectivity index (χ0n) is 11.5. The Balaban J connectivity index is 1.65. The molecule has 1 heterocycles. The van der Waals surface area contributed by atoms with Crippen LogP contribution < -0.4 is 4.74 Å². The number of piperazine rings is 1. The first-order valence-corrected chi connectivity index (χ1v) is 6.83. The molecule has 0 bridgehead atoms. The fraction of sp³-hybridized carbons (Fsp3) is 0.533. The van der Waals surface area contributed by atoms with Crippen molar-refractivity contribution in [2.75, 3.05) is 39.3 Å². The fourth-order valence-electron chi connectivity index (χ4n) is 2.27. The SMILES string of the molecule is C[C@H](C#N)N1CCN(CCOc2ccccc2)CC1. The molecular formula is C15H21N3O. The molecule has 1 aliphatic heterocycles. The number of ether oxygens (including phenoxy) is 1. The maximum atomic E-state index is 8.90. The molecule has 0 amide bonds. The Labute approximate surface area is 115 Å². The van der Waals surface area contributed by atoms with E-state index in [9.17, 15) is 0 Å². The van der Waals surface area contributed by atoms with Crippen molar-refractivity contribution in [3.05, 3.63) is 30.3 Å². The van der Waals surface area contributed by atoms with E-state index >= 15 is 0 Å². The Kier molecular flexibility index (Phi) is 5.20. The monoisotopic (exact) mass is 259 g/mol. The summed E-state index contributed by atoms with van der Waals surface area (Å²) < 4.78 is 5.70. The summed E-state index contributed by atoms with van der Waals surface area (Å²) in [7, 11) is 0. The van der Waals surface area contributed by atoms with Crippen molar-refractivity contribution in [2.45, 2.75) is 13.0 Å². The van der Waals surface area contributed by atoms with Crippen molar-refractivity contribution in [3.63, 3.8) is 0 Å². The van der Waals surface area contributed by atoms with Crippen LogP contribution in [0.15, 0.2) is 30.3 Å². The Morgan fingerprint density at radius 3 is 2.53 bits per heavy atom. The molecule has 4 heteroatoms. The normalized spacial score (nSPS) is 18.7. The van der Waals surface area contributed by atoms with E-state index in [1.54, 1.807) is 0 Å². The van der Waals surface area contributed by atoms with Crippen molar-refractivity contribution in [2.24, 2.45) is 0 Å². The van der Waals surface area contributed by atoms with Crippen LogP contribution in [0.25, 0.3) is 0 Å². The molecule has 0 unspecified atom stereocenters. The molecule has 0 N–H and O–H groups in total. The molecule has 1 fully saturated rings. The van der Waals surface area contributed by atoms with Gasteiger partial charge in [-0.1, -0.05) is 18.2 Å². The third-order valence-electron chi connectivity index (χ3n) is 3.56. The maximum Gasteiger partial charge on any atom is 0.119 e. The fourth-order valence-corrected chi connectivity index (χ4v) is 2.27. The van der Waals surface area contributed by atoms with E-state index in [0.29, 0.717) is 0 Å². The van der Waals surface area contributed by atoms with Crippen molar-refractivity contribution >= 4 is 0 Å². The highest BCUT2D eigenvalue weighted by molar-refractivity contribution is 5.20. The van der Waals surface area contributed by atoms with Gasteiger partial charge in [-0.05, 0) is 19.1 Å². The lowest BCUT2D eigenvalue weighted by molar-refractivity contribution is 0.106. The van der Waals surface area contributed by atoms with E-state index in [4.69, 9.17) is 10.00 Å². The highest BCUT2D eigenvalue weighted by atomic mass is 16.5. The first-order valence-electron chi connectivity index (χ1n) is 6.83. The smallest absolute Gasteiger partial charge is 0.119 e. The van der Waals surface area contributed by atoms with Gasteiger partial charge in [0.05, 0.1) is 12.1 Å². The first-order chi connectivity index (χ1) is 9.29. The van der Waals surface area contributed by atoms with E-state index in [0.717, 1.165) is 45.1 Å². The van der Waals surface area contributed by atoms with E-state index in [1.165, 1.54) is 0 Å². The molecule has 0 spiro atoms. The van der Waals surface area contributed by atoms with Crippen LogP contribution in [0.2, 0.25) is 0 Å². The van der Waals surface area contributed by atoms with Gasteiger partial charge in [-0.25, -0.2) is 0 Å². The number of hydrogen-bond donors (Lipinski definition) is 0. The molecule has 1 aromatic rings. The number of nitrogens with zero attached hydrogens (tertiary/aromatic N) is 3. The van der Waals surface area contributed by atoms with Gasteiger partial charge in [0, 0.05) is 32.7 Å². The largest absolute Gasteiger partial charge is 0.492 e. The van der Waals surface area contributed by atoms with Gasteiger partial charge < -0.3 is 4.74 Å². The summed E-state index contributed by atoms with van der Waals surface area (Å²) in [6.07, 6.45) is 0. The Morgan fingerprint density at radius 1 is 1.21 bits per heavy atom. The van der Waals surface area contributed by atoms with Gasteiger partial charge in [-0.2, -0.15) is 5.26 Å². The quantitative estimate of drug-likeness (QED) is 0.805. The second-order valence-corrected chi connectivity index (χ2v) is 4.84. The second kappa shape index (κ2) is 7.13. The van der Waals surface area contributed by atoms with E-state index in [1.807, 2.05) is 37.3 Å². The van der Waals surface area contributed by atoms with Crippen LogP contribution in [-0.4, -0.2) is 55.2 Å². The Bertz CT molecular complexity index is 407. The zero-order chi connectivity index (χ0) is 13.5. The molecule has 4 nitrogen and oxygen atoms in total. The summed E-state index contributed by atoms with van der Waals surface area (Å²) in [4.78, 5) is 4.62. The van der Waals surface area contributed by atoms with Gasteiger partial charge in [0.2, 0.25) is 0 Å². The molecule has 0 radical (unpaired) electrons. The summed E-state index contributed by atoms with van der Waals surface area (Å²) in [6, 6.07) is 12.2. The lowest BCUT2D eigenvalue weighted by atomic mass is 10.2. The summed E-state index contributed by atoms with van der Waals surface area (Å²) in [5, 5.41) is 8.90. The molecule has 1 aromatic carbocycles. The van der Waals surface area contributed by atoms with Crippen LogP contribution in [-0.2, 0) is 0 Å². The highest BCUT2D eigenvalue weighted by Crippen LogP contribution is 2.09. The number of benzene rings is 1. The predicted octanol–water partition coefficient (Wildman–Crippen LogP) is 1.60. The van der Waals surface area contributed by atoms with Gasteiger partial charge in [0.15, 0.2) is 0 Å². The summed E-state index contributed by atoms with van der Waals surface area (Å²) in [5.41, 5.74) is 0. The van der Waals surface area contributed by atoms with Crippen molar-refractivity contribution in [1.29, 1.82) is 5.26 Å². The van der Waals surface area contributed by atoms with Gasteiger partial charge in [-0.3, -0.25) is 9.80 Å². The average molecular weight is 259 g/mol. The zero-order valence-corrected chi connectivity index (χ0v) is 11.5. The second-order valence-electron chi connectivity index (χ2n) is 4.84. The van der Waals surface area contributed by atoms with Crippen LogP contribution in [0.3, 0.4) is 0 Å². The predicted molar refractivity (Wildman–Crippen MR) is 75.0 cm³/mol. The molecule has 2 rings (SSSR count). The molecule has 0 aliphatic carbocycles. The third-order valence-corrected chi connectivity index (χ3v) is 3.56.